The molecule has 0 radical (unpaired) electrons. The molecule has 3 rings (SSSR count). The standard InChI is InChI=1S/C21H30Si.C12H18/c1-15(2)20-13-10-18(14-21(20)16(3)4)17-8-11-19(12-9-17)22(5,6)7;1-9(2)11-7-5-6-8-12(11)10(3)4/h8-16H,1-7H3;5-10H,1-4H3. The largest absolute Gasteiger partial charge is 0.0775 e. The summed E-state index contributed by atoms with van der Waals surface area (Å²) in [6.45, 7) is 25.3. The minimum absolute atomic E-state index is 0.568. The van der Waals surface area contributed by atoms with Gasteiger partial charge in [-0.25, -0.2) is 0 Å². The molecule has 0 aliphatic heterocycles. The molecular formula is C33H48Si. The van der Waals surface area contributed by atoms with E-state index in [0.717, 1.165) is 0 Å². The zero-order valence-corrected chi connectivity index (χ0v) is 24.7. The molecule has 3 aromatic carbocycles. The van der Waals surface area contributed by atoms with Crippen LogP contribution in [0.5, 0.6) is 0 Å². The van der Waals surface area contributed by atoms with Gasteiger partial charge in [0.05, 0.1) is 8.07 Å². The third kappa shape index (κ3) is 7.44. The summed E-state index contributed by atoms with van der Waals surface area (Å²) in [6, 6.07) is 25.0. The van der Waals surface area contributed by atoms with Crippen molar-refractivity contribution in [1.29, 1.82) is 0 Å². The minimum Gasteiger partial charge on any atom is -0.0656 e. The highest BCUT2D eigenvalue weighted by atomic mass is 28.3. The molecule has 0 bridgehead atoms. The first-order chi connectivity index (χ1) is 15.8. The van der Waals surface area contributed by atoms with Gasteiger partial charge in [-0.15, -0.1) is 0 Å². The van der Waals surface area contributed by atoms with Gasteiger partial charge in [0.1, 0.15) is 0 Å². The van der Waals surface area contributed by atoms with Crippen LogP contribution in [0.4, 0.5) is 0 Å². The molecule has 34 heavy (non-hydrogen) atoms. The predicted octanol–water partition coefficient (Wildman–Crippen LogP) is 10.1. The second-order valence-corrected chi connectivity index (χ2v) is 17.0. The molecule has 1 heteroatoms. The van der Waals surface area contributed by atoms with E-state index in [1.54, 1.807) is 0 Å². The van der Waals surface area contributed by atoms with Gasteiger partial charge in [-0.1, -0.05) is 147 Å². The molecule has 0 amide bonds. The lowest BCUT2D eigenvalue weighted by Gasteiger charge is -2.19. The fraction of sp³-hybridized carbons (Fsp3) is 0.455. The molecule has 0 aromatic heterocycles. The van der Waals surface area contributed by atoms with Crippen molar-refractivity contribution < 1.29 is 0 Å². The zero-order valence-electron chi connectivity index (χ0n) is 23.7. The first-order valence-corrected chi connectivity index (χ1v) is 16.7. The van der Waals surface area contributed by atoms with E-state index < -0.39 is 8.07 Å². The lowest BCUT2D eigenvalue weighted by molar-refractivity contribution is 0.790. The molecule has 0 spiro atoms. The van der Waals surface area contributed by atoms with Crippen LogP contribution < -0.4 is 5.19 Å². The van der Waals surface area contributed by atoms with Crippen LogP contribution in [0, 0.1) is 0 Å². The third-order valence-electron chi connectivity index (χ3n) is 6.66. The maximum Gasteiger partial charge on any atom is 0.0775 e. The van der Waals surface area contributed by atoms with Crippen LogP contribution in [0.2, 0.25) is 19.6 Å². The Hall–Kier alpha value is -2.12. The highest BCUT2D eigenvalue weighted by Crippen LogP contribution is 2.31. The van der Waals surface area contributed by atoms with Crippen molar-refractivity contribution in [1.82, 2.24) is 0 Å². The predicted molar refractivity (Wildman–Crippen MR) is 158 cm³/mol. The molecule has 3 aromatic rings. The van der Waals surface area contributed by atoms with Crippen LogP contribution in [-0.2, 0) is 0 Å². The van der Waals surface area contributed by atoms with E-state index in [2.05, 4.69) is 142 Å². The Morgan fingerprint density at radius 2 is 0.824 bits per heavy atom. The van der Waals surface area contributed by atoms with E-state index in [0.29, 0.717) is 23.7 Å². The molecule has 0 fully saturated rings. The van der Waals surface area contributed by atoms with Crippen LogP contribution in [0.15, 0.2) is 66.7 Å². The highest BCUT2D eigenvalue weighted by molar-refractivity contribution is 6.88. The summed E-state index contributed by atoms with van der Waals surface area (Å²) >= 11 is 0. The van der Waals surface area contributed by atoms with Crippen molar-refractivity contribution in [2.24, 2.45) is 0 Å². The minimum atomic E-state index is -1.21. The molecule has 0 heterocycles. The van der Waals surface area contributed by atoms with Crippen molar-refractivity contribution in [2.75, 3.05) is 0 Å². The van der Waals surface area contributed by atoms with E-state index in [-0.39, 0.29) is 0 Å². The Bertz CT molecular complexity index is 1000. The summed E-state index contributed by atoms with van der Waals surface area (Å²) in [4.78, 5) is 0. The molecule has 0 nitrogen and oxygen atoms in total. The average molecular weight is 473 g/mol. The lowest BCUT2D eigenvalue weighted by atomic mass is 9.88. The second kappa shape index (κ2) is 12.0. The fourth-order valence-electron chi connectivity index (χ4n) is 4.51. The van der Waals surface area contributed by atoms with Crippen LogP contribution >= 0.6 is 0 Å². The van der Waals surface area contributed by atoms with Crippen LogP contribution in [0.25, 0.3) is 11.1 Å². The molecule has 0 saturated carbocycles. The SMILES string of the molecule is CC(C)c1ccc(-c2ccc([Si](C)(C)C)cc2)cc1C(C)C.CC(C)c1ccccc1C(C)C. The van der Waals surface area contributed by atoms with Gasteiger partial charge in [0.2, 0.25) is 0 Å². The average Bonchev–Trinajstić information content (AvgIpc) is 2.78. The van der Waals surface area contributed by atoms with Gasteiger partial charge in [-0.05, 0) is 57.1 Å². The molecule has 0 aliphatic carbocycles. The van der Waals surface area contributed by atoms with Crippen LogP contribution in [0.1, 0.15) is 101 Å². The quantitative estimate of drug-likeness (QED) is 0.313. The third-order valence-corrected chi connectivity index (χ3v) is 8.72. The van der Waals surface area contributed by atoms with Gasteiger partial charge in [-0.2, -0.15) is 0 Å². The molecule has 0 N–H and O–H groups in total. The summed E-state index contributed by atoms with van der Waals surface area (Å²) in [6.07, 6.45) is 0. The van der Waals surface area contributed by atoms with Crippen LogP contribution in [0.3, 0.4) is 0 Å². The van der Waals surface area contributed by atoms with Gasteiger partial charge in [-0.3, -0.25) is 0 Å². The Morgan fingerprint density at radius 3 is 1.21 bits per heavy atom. The van der Waals surface area contributed by atoms with Crippen LogP contribution in [-0.4, -0.2) is 8.07 Å². The van der Waals surface area contributed by atoms with Gasteiger partial charge in [0.15, 0.2) is 0 Å². The normalized spacial score (nSPS) is 11.9. The first kappa shape index (κ1) is 28.1. The van der Waals surface area contributed by atoms with Gasteiger partial charge >= 0.3 is 0 Å². The second-order valence-electron chi connectivity index (χ2n) is 11.9. The Kier molecular flexibility index (Phi) is 9.94. The lowest BCUT2D eigenvalue weighted by Crippen LogP contribution is -2.37. The Morgan fingerprint density at radius 1 is 0.441 bits per heavy atom. The van der Waals surface area contributed by atoms with E-state index in [9.17, 15) is 0 Å². The smallest absolute Gasteiger partial charge is 0.0656 e. The summed E-state index contributed by atoms with van der Waals surface area (Å²) in [7, 11) is -1.21. The van der Waals surface area contributed by atoms with E-state index in [1.165, 1.54) is 38.6 Å². The van der Waals surface area contributed by atoms with E-state index in [4.69, 9.17) is 0 Å². The van der Waals surface area contributed by atoms with Crippen molar-refractivity contribution in [3.05, 3.63) is 89.0 Å². The Balaban J connectivity index is 0.000000287. The first-order valence-electron chi connectivity index (χ1n) is 13.2. The molecule has 0 aliphatic rings. The molecule has 0 atom stereocenters. The highest BCUT2D eigenvalue weighted by Gasteiger charge is 2.16. The maximum absolute atomic E-state index is 2.40. The summed E-state index contributed by atoms with van der Waals surface area (Å²) in [5.41, 5.74) is 8.63. The van der Waals surface area contributed by atoms with Crippen molar-refractivity contribution >= 4 is 13.3 Å². The number of benzene rings is 3. The van der Waals surface area contributed by atoms with E-state index >= 15 is 0 Å². The van der Waals surface area contributed by atoms with Crippen molar-refractivity contribution in [2.45, 2.75) is 98.7 Å². The molecule has 0 saturated heterocycles. The topological polar surface area (TPSA) is 0 Å². The van der Waals surface area contributed by atoms with Gasteiger partial charge in [0, 0.05) is 0 Å². The maximum atomic E-state index is 2.40. The van der Waals surface area contributed by atoms with Gasteiger partial charge < -0.3 is 0 Å². The number of rotatable bonds is 6. The summed E-state index contributed by atoms with van der Waals surface area (Å²) in [5, 5.41) is 1.53. The summed E-state index contributed by atoms with van der Waals surface area (Å²) in [5.74, 6) is 2.44. The number of hydrogen-bond acceptors (Lipinski definition) is 0. The molecule has 0 unspecified atom stereocenters. The summed E-state index contributed by atoms with van der Waals surface area (Å²) < 4.78 is 0. The van der Waals surface area contributed by atoms with Crippen molar-refractivity contribution in [3.63, 3.8) is 0 Å². The molecule has 184 valence electrons. The Labute approximate surface area is 211 Å². The fourth-order valence-corrected chi connectivity index (χ4v) is 5.67. The molecular weight excluding hydrogens is 424 g/mol. The van der Waals surface area contributed by atoms with Crippen molar-refractivity contribution in [3.8, 4) is 11.1 Å². The number of hydrogen-bond donors (Lipinski definition) is 0. The van der Waals surface area contributed by atoms with Gasteiger partial charge in [0.25, 0.3) is 0 Å². The zero-order chi connectivity index (χ0) is 25.6. The monoisotopic (exact) mass is 472 g/mol. The van der Waals surface area contributed by atoms with E-state index in [1.807, 2.05) is 0 Å².